The fraction of sp³-hybridized carbons (Fsp3) is 0.310. The van der Waals surface area contributed by atoms with Crippen molar-refractivity contribution < 1.29 is 4.79 Å². The molecule has 0 unspecified atom stereocenters. The maximum Gasteiger partial charge on any atom is 0.266 e. The van der Waals surface area contributed by atoms with E-state index in [1.807, 2.05) is 39.0 Å². The minimum atomic E-state index is -0.455. The van der Waals surface area contributed by atoms with E-state index in [0.29, 0.717) is 16.6 Å². The number of rotatable bonds is 5. The van der Waals surface area contributed by atoms with Gasteiger partial charge in [0.05, 0.1) is 0 Å². The molecule has 3 aromatic rings. The SMILES string of the molecule is Cc1ccc(NC(=O)/C(C#N)=C/c2cc(C)n(-c3ccc(C4CCCCC4)cc3)c2C)cc1Cl. The Labute approximate surface area is 206 Å². The number of benzene rings is 2. The van der Waals surface area contributed by atoms with Gasteiger partial charge in [-0.15, -0.1) is 0 Å². The van der Waals surface area contributed by atoms with Gasteiger partial charge in [0.25, 0.3) is 5.91 Å². The second-order valence-corrected chi connectivity index (χ2v) is 9.58. The summed E-state index contributed by atoms with van der Waals surface area (Å²) >= 11 is 6.16. The Bertz CT molecular complexity index is 1270. The van der Waals surface area contributed by atoms with Crippen LogP contribution in [0.2, 0.25) is 5.02 Å². The first-order chi connectivity index (χ1) is 16.4. The van der Waals surface area contributed by atoms with Gasteiger partial charge in [-0.25, -0.2) is 0 Å². The number of carbonyl (C=O) groups is 1. The van der Waals surface area contributed by atoms with Gasteiger partial charge in [0.2, 0.25) is 0 Å². The molecule has 1 heterocycles. The molecule has 4 rings (SSSR count). The van der Waals surface area contributed by atoms with E-state index in [1.54, 1.807) is 18.2 Å². The van der Waals surface area contributed by atoms with Crippen LogP contribution in [0, 0.1) is 32.1 Å². The first-order valence-corrected chi connectivity index (χ1v) is 12.2. The van der Waals surface area contributed by atoms with Crippen molar-refractivity contribution in [2.24, 2.45) is 0 Å². The third-order valence-corrected chi connectivity index (χ3v) is 7.20. The van der Waals surface area contributed by atoms with Gasteiger partial charge in [0.1, 0.15) is 11.6 Å². The zero-order chi connectivity index (χ0) is 24.2. The second-order valence-electron chi connectivity index (χ2n) is 9.18. The molecule has 0 radical (unpaired) electrons. The molecule has 2 aromatic carbocycles. The number of halogens is 1. The number of aryl methyl sites for hydroxylation is 2. The number of anilines is 1. The minimum Gasteiger partial charge on any atom is -0.321 e. The lowest BCUT2D eigenvalue weighted by Crippen LogP contribution is -2.13. The van der Waals surface area contributed by atoms with Gasteiger partial charge >= 0.3 is 0 Å². The number of hydrogen-bond acceptors (Lipinski definition) is 2. The third-order valence-electron chi connectivity index (χ3n) is 6.79. The number of amides is 1. The van der Waals surface area contributed by atoms with Gasteiger partial charge in [-0.1, -0.05) is 49.1 Å². The van der Waals surface area contributed by atoms with Gasteiger partial charge < -0.3 is 9.88 Å². The van der Waals surface area contributed by atoms with Crippen LogP contribution < -0.4 is 5.32 Å². The number of carbonyl (C=O) groups excluding carboxylic acids is 1. The van der Waals surface area contributed by atoms with E-state index < -0.39 is 5.91 Å². The molecular formula is C29H30ClN3O. The van der Waals surface area contributed by atoms with E-state index in [4.69, 9.17) is 11.6 Å². The quantitative estimate of drug-likeness (QED) is 0.307. The molecule has 1 amide bonds. The van der Waals surface area contributed by atoms with Crippen LogP contribution in [0.3, 0.4) is 0 Å². The van der Waals surface area contributed by atoms with Gasteiger partial charge in [0, 0.05) is 27.8 Å². The van der Waals surface area contributed by atoms with Gasteiger partial charge in [-0.3, -0.25) is 4.79 Å². The smallest absolute Gasteiger partial charge is 0.266 e. The van der Waals surface area contributed by atoms with Crippen LogP contribution in [0.15, 0.2) is 54.1 Å². The van der Waals surface area contributed by atoms with E-state index >= 15 is 0 Å². The molecular weight excluding hydrogens is 442 g/mol. The fourth-order valence-electron chi connectivity index (χ4n) is 4.84. The summed E-state index contributed by atoms with van der Waals surface area (Å²) in [4.78, 5) is 12.8. The Kier molecular flexibility index (Phi) is 7.24. The molecule has 0 bridgehead atoms. The number of nitrogens with one attached hydrogen (secondary N) is 1. The third kappa shape index (κ3) is 5.11. The van der Waals surface area contributed by atoms with Crippen molar-refractivity contribution >= 4 is 29.3 Å². The number of nitriles is 1. The van der Waals surface area contributed by atoms with Crippen molar-refractivity contribution in [3.8, 4) is 11.8 Å². The first kappa shape index (κ1) is 23.9. The molecule has 0 aliphatic heterocycles. The van der Waals surface area contributed by atoms with Crippen molar-refractivity contribution in [1.82, 2.24) is 4.57 Å². The molecule has 1 aliphatic carbocycles. The average molecular weight is 472 g/mol. The Morgan fingerprint density at radius 1 is 1.06 bits per heavy atom. The molecule has 5 heteroatoms. The van der Waals surface area contributed by atoms with E-state index in [0.717, 1.165) is 28.2 Å². The highest BCUT2D eigenvalue weighted by atomic mass is 35.5. The monoisotopic (exact) mass is 471 g/mol. The van der Waals surface area contributed by atoms with Crippen molar-refractivity contribution in [2.45, 2.75) is 58.8 Å². The Morgan fingerprint density at radius 3 is 2.41 bits per heavy atom. The van der Waals surface area contributed by atoms with Crippen LogP contribution in [0.4, 0.5) is 5.69 Å². The van der Waals surface area contributed by atoms with Gasteiger partial charge in [0.15, 0.2) is 0 Å². The predicted molar refractivity (Wildman–Crippen MR) is 139 cm³/mol. The van der Waals surface area contributed by atoms with Crippen molar-refractivity contribution in [1.29, 1.82) is 5.26 Å². The fourth-order valence-corrected chi connectivity index (χ4v) is 5.02. The molecule has 1 fully saturated rings. The number of nitrogens with zero attached hydrogens (tertiary/aromatic N) is 2. The maximum absolute atomic E-state index is 12.8. The number of aromatic nitrogens is 1. The van der Waals surface area contributed by atoms with Crippen LogP contribution in [-0.2, 0) is 4.79 Å². The van der Waals surface area contributed by atoms with Gasteiger partial charge in [-0.2, -0.15) is 5.26 Å². The summed E-state index contributed by atoms with van der Waals surface area (Å²) in [6, 6.07) is 18.2. The molecule has 1 aromatic heterocycles. The summed E-state index contributed by atoms with van der Waals surface area (Å²) in [5.74, 6) is 0.220. The predicted octanol–water partition coefficient (Wildman–Crippen LogP) is 7.65. The lowest BCUT2D eigenvalue weighted by molar-refractivity contribution is -0.112. The average Bonchev–Trinajstić information content (AvgIpc) is 3.13. The summed E-state index contributed by atoms with van der Waals surface area (Å²) in [5, 5.41) is 13.0. The van der Waals surface area contributed by atoms with Gasteiger partial charge in [-0.05, 0) is 92.6 Å². The molecule has 174 valence electrons. The van der Waals surface area contributed by atoms with Crippen LogP contribution in [0.25, 0.3) is 11.8 Å². The Morgan fingerprint density at radius 2 is 1.76 bits per heavy atom. The van der Waals surface area contributed by atoms with E-state index in [2.05, 4.69) is 34.1 Å². The van der Waals surface area contributed by atoms with Crippen molar-refractivity contribution in [2.75, 3.05) is 5.32 Å². The molecule has 0 atom stereocenters. The molecule has 1 aliphatic rings. The number of hydrogen-bond donors (Lipinski definition) is 1. The topological polar surface area (TPSA) is 57.8 Å². The van der Waals surface area contributed by atoms with E-state index in [9.17, 15) is 10.1 Å². The lowest BCUT2D eigenvalue weighted by atomic mass is 9.84. The summed E-state index contributed by atoms with van der Waals surface area (Å²) in [6.07, 6.45) is 8.22. The molecule has 0 spiro atoms. The van der Waals surface area contributed by atoms with Crippen molar-refractivity contribution in [3.05, 3.63) is 87.2 Å². The minimum absolute atomic E-state index is 0.0459. The zero-order valence-corrected chi connectivity index (χ0v) is 20.7. The summed E-state index contributed by atoms with van der Waals surface area (Å²) < 4.78 is 2.17. The van der Waals surface area contributed by atoms with Crippen LogP contribution in [0.1, 0.15) is 66.1 Å². The summed E-state index contributed by atoms with van der Waals surface area (Å²) in [5.41, 5.74) is 6.93. The molecule has 34 heavy (non-hydrogen) atoms. The van der Waals surface area contributed by atoms with Crippen LogP contribution >= 0.6 is 11.6 Å². The normalized spacial score (nSPS) is 14.6. The zero-order valence-electron chi connectivity index (χ0n) is 20.0. The Balaban J connectivity index is 1.57. The van der Waals surface area contributed by atoms with E-state index in [1.165, 1.54) is 37.7 Å². The largest absolute Gasteiger partial charge is 0.321 e. The second kappa shape index (κ2) is 10.3. The maximum atomic E-state index is 12.8. The highest BCUT2D eigenvalue weighted by Gasteiger charge is 2.17. The lowest BCUT2D eigenvalue weighted by Gasteiger charge is -2.22. The molecule has 1 saturated carbocycles. The van der Waals surface area contributed by atoms with Crippen LogP contribution in [-0.4, -0.2) is 10.5 Å². The Hall–Kier alpha value is -3.29. The standard InChI is InChI=1S/C29H30ClN3O/c1-19-9-12-26(17-28(19)30)32-29(34)25(18-31)16-24-15-20(2)33(21(24)3)27-13-10-23(11-14-27)22-7-5-4-6-8-22/h9-17,22H,4-8H2,1-3H3,(H,32,34)/b25-16+. The van der Waals surface area contributed by atoms with Crippen LogP contribution in [0.5, 0.6) is 0 Å². The first-order valence-electron chi connectivity index (χ1n) is 11.9. The van der Waals surface area contributed by atoms with E-state index in [-0.39, 0.29) is 5.57 Å². The highest BCUT2D eigenvalue weighted by molar-refractivity contribution is 6.31. The molecule has 0 saturated heterocycles. The van der Waals surface area contributed by atoms with Crippen molar-refractivity contribution in [3.63, 3.8) is 0 Å². The molecule has 4 nitrogen and oxygen atoms in total. The summed E-state index contributed by atoms with van der Waals surface area (Å²) in [7, 11) is 0. The highest BCUT2D eigenvalue weighted by Crippen LogP contribution is 2.33. The summed E-state index contributed by atoms with van der Waals surface area (Å²) in [6.45, 7) is 5.95. The molecule has 1 N–H and O–H groups in total.